The highest BCUT2D eigenvalue weighted by Gasteiger charge is 2.30. The van der Waals surface area contributed by atoms with Gasteiger partial charge in [0.2, 0.25) is 11.8 Å². The van der Waals surface area contributed by atoms with Crippen LogP contribution in [0.3, 0.4) is 0 Å². The van der Waals surface area contributed by atoms with Crippen molar-refractivity contribution in [2.24, 2.45) is 0 Å². The van der Waals surface area contributed by atoms with Crippen LogP contribution < -0.4 is 10.6 Å². The first-order valence-corrected chi connectivity index (χ1v) is 7.00. The lowest BCUT2D eigenvalue weighted by Gasteiger charge is -2.25. The molecule has 2 amide bonds. The number of aryl methyl sites for hydroxylation is 1. The van der Waals surface area contributed by atoms with Crippen molar-refractivity contribution in [1.82, 2.24) is 0 Å². The van der Waals surface area contributed by atoms with Gasteiger partial charge in [-0.15, -0.1) is 0 Å². The van der Waals surface area contributed by atoms with Gasteiger partial charge in [-0.05, 0) is 42.3 Å². The molecule has 1 heterocycles. The van der Waals surface area contributed by atoms with E-state index >= 15 is 0 Å². The predicted molar refractivity (Wildman–Crippen MR) is 82.2 cm³/mol. The SMILES string of the molecule is Cc1cccc(NC(=O)[C@H]2CC(=O)Nc3cc(F)ccc32)c1. The molecule has 0 fully saturated rings. The van der Waals surface area contributed by atoms with Crippen LogP contribution in [0.4, 0.5) is 15.8 Å². The summed E-state index contributed by atoms with van der Waals surface area (Å²) < 4.78 is 13.3. The van der Waals surface area contributed by atoms with E-state index in [1.54, 1.807) is 12.1 Å². The Morgan fingerprint density at radius 2 is 2.09 bits per heavy atom. The molecule has 0 spiro atoms. The molecule has 4 nitrogen and oxygen atoms in total. The summed E-state index contributed by atoms with van der Waals surface area (Å²) in [7, 11) is 0. The van der Waals surface area contributed by atoms with Crippen LogP contribution in [0.5, 0.6) is 0 Å². The maximum Gasteiger partial charge on any atom is 0.232 e. The van der Waals surface area contributed by atoms with Crippen molar-refractivity contribution < 1.29 is 14.0 Å². The van der Waals surface area contributed by atoms with Gasteiger partial charge in [0.15, 0.2) is 0 Å². The molecule has 0 bridgehead atoms. The van der Waals surface area contributed by atoms with Crippen molar-refractivity contribution in [3.05, 3.63) is 59.4 Å². The van der Waals surface area contributed by atoms with Crippen molar-refractivity contribution in [2.75, 3.05) is 10.6 Å². The van der Waals surface area contributed by atoms with E-state index in [1.807, 2.05) is 25.1 Å². The van der Waals surface area contributed by atoms with Gasteiger partial charge in [-0.2, -0.15) is 0 Å². The summed E-state index contributed by atoms with van der Waals surface area (Å²) in [6, 6.07) is 11.5. The van der Waals surface area contributed by atoms with Gasteiger partial charge >= 0.3 is 0 Å². The summed E-state index contributed by atoms with van der Waals surface area (Å²) in [5.41, 5.74) is 2.70. The van der Waals surface area contributed by atoms with Gasteiger partial charge in [0, 0.05) is 17.8 Å². The molecule has 5 heteroatoms. The number of carbonyl (C=O) groups excluding carboxylic acids is 2. The van der Waals surface area contributed by atoms with Crippen molar-refractivity contribution in [3.63, 3.8) is 0 Å². The summed E-state index contributed by atoms with van der Waals surface area (Å²) in [6.07, 6.45) is 0.0519. The zero-order valence-electron chi connectivity index (χ0n) is 12.0. The summed E-state index contributed by atoms with van der Waals surface area (Å²) in [5, 5.41) is 5.42. The number of nitrogens with one attached hydrogen (secondary N) is 2. The lowest BCUT2D eigenvalue weighted by atomic mass is 9.89. The van der Waals surface area contributed by atoms with E-state index in [-0.39, 0.29) is 18.2 Å². The summed E-state index contributed by atoms with van der Waals surface area (Å²) in [5.74, 6) is -1.63. The monoisotopic (exact) mass is 298 g/mol. The minimum Gasteiger partial charge on any atom is -0.326 e. The molecule has 0 radical (unpaired) electrons. The molecular formula is C17H15FN2O2. The second kappa shape index (κ2) is 5.60. The Balaban J connectivity index is 1.88. The highest BCUT2D eigenvalue weighted by atomic mass is 19.1. The molecule has 2 aromatic rings. The fourth-order valence-corrected chi connectivity index (χ4v) is 2.62. The third kappa shape index (κ3) is 2.83. The van der Waals surface area contributed by atoms with E-state index in [0.717, 1.165) is 5.56 Å². The maximum absolute atomic E-state index is 13.3. The molecule has 0 saturated carbocycles. The lowest BCUT2D eigenvalue weighted by molar-refractivity contribution is -0.123. The van der Waals surface area contributed by atoms with Crippen molar-refractivity contribution in [2.45, 2.75) is 19.3 Å². The number of hydrogen-bond donors (Lipinski definition) is 2. The van der Waals surface area contributed by atoms with Gasteiger partial charge in [-0.25, -0.2) is 4.39 Å². The van der Waals surface area contributed by atoms with Gasteiger partial charge in [-0.3, -0.25) is 9.59 Å². The quantitative estimate of drug-likeness (QED) is 0.894. The molecule has 2 aromatic carbocycles. The number of hydrogen-bond acceptors (Lipinski definition) is 2. The van der Waals surface area contributed by atoms with Gasteiger partial charge in [0.25, 0.3) is 0 Å². The summed E-state index contributed by atoms with van der Waals surface area (Å²) >= 11 is 0. The molecule has 0 unspecified atom stereocenters. The smallest absolute Gasteiger partial charge is 0.232 e. The number of fused-ring (bicyclic) bond motifs is 1. The van der Waals surface area contributed by atoms with E-state index in [0.29, 0.717) is 16.9 Å². The molecule has 0 saturated heterocycles. The largest absolute Gasteiger partial charge is 0.326 e. The maximum atomic E-state index is 13.3. The second-order valence-electron chi connectivity index (χ2n) is 5.40. The van der Waals surface area contributed by atoms with Crippen LogP contribution in [-0.2, 0) is 9.59 Å². The number of halogens is 1. The Bertz CT molecular complexity index is 758. The van der Waals surface area contributed by atoms with E-state index in [2.05, 4.69) is 10.6 Å². The predicted octanol–water partition coefficient (Wildman–Crippen LogP) is 3.20. The molecule has 112 valence electrons. The first kappa shape index (κ1) is 14.3. The van der Waals surface area contributed by atoms with Gasteiger partial charge in [0.1, 0.15) is 5.82 Å². The van der Waals surface area contributed by atoms with Crippen LogP contribution in [0.15, 0.2) is 42.5 Å². The zero-order valence-corrected chi connectivity index (χ0v) is 12.0. The third-order valence-electron chi connectivity index (χ3n) is 3.66. The minimum absolute atomic E-state index is 0.0519. The van der Waals surface area contributed by atoms with Gasteiger partial charge in [0.05, 0.1) is 5.92 Å². The molecule has 1 aliphatic rings. The van der Waals surface area contributed by atoms with Crippen LogP contribution in [0.1, 0.15) is 23.5 Å². The number of anilines is 2. The standard InChI is InChI=1S/C17H15FN2O2/c1-10-3-2-4-12(7-10)19-17(22)14-9-16(21)20-15-8-11(18)5-6-13(14)15/h2-8,14H,9H2,1H3,(H,19,22)(H,20,21)/t14-/m0/s1. The zero-order chi connectivity index (χ0) is 15.7. The Hall–Kier alpha value is -2.69. The van der Waals surface area contributed by atoms with E-state index in [4.69, 9.17) is 0 Å². The van der Waals surface area contributed by atoms with E-state index in [9.17, 15) is 14.0 Å². The molecular weight excluding hydrogens is 283 g/mol. The van der Waals surface area contributed by atoms with Gasteiger partial charge < -0.3 is 10.6 Å². The Morgan fingerprint density at radius 1 is 1.27 bits per heavy atom. The third-order valence-corrected chi connectivity index (χ3v) is 3.66. The minimum atomic E-state index is -0.620. The van der Waals surface area contributed by atoms with Crippen molar-refractivity contribution in [3.8, 4) is 0 Å². The average molecular weight is 298 g/mol. The molecule has 1 atom stereocenters. The molecule has 1 aliphatic heterocycles. The number of amides is 2. The van der Waals surface area contributed by atoms with Crippen LogP contribution in [0.25, 0.3) is 0 Å². The lowest BCUT2D eigenvalue weighted by Crippen LogP contribution is -2.30. The summed E-state index contributed by atoms with van der Waals surface area (Å²) in [6.45, 7) is 1.93. The first-order valence-electron chi connectivity index (χ1n) is 7.00. The topological polar surface area (TPSA) is 58.2 Å². The molecule has 0 aromatic heterocycles. The molecule has 0 aliphatic carbocycles. The van der Waals surface area contributed by atoms with Crippen LogP contribution in [0, 0.1) is 12.7 Å². The van der Waals surface area contributed by atoms with Crippen molar-refractivity contribution >= 4 is 23.2 Å². The molecule has 2 N–H and O–H groups in total. The van der Waals surface area contributed by atoms with Gasteiger partial charge in [-0.1, -0.05) is 18.2 Å². The Morgan fingerprint density at radius 3 is 2.86 bits per heavy atom. The fraction of sp³-hybridized carbons (Fsp3) is 0.176. The normalized spacial score (nSPS) is 16.6. The Labute approximate surface area is 127 Å². The van der Waals surface area contributed by atoms with E-state index < -0.39 is 11.7 Å². The molecule has 22 heavy (non-hydrogen) atoms. The number of benzene rings is 2. The number of rotatable bonds is 2. The first-order chi connectivity index (χ1) is 10.5. The Kier molecular flexibility index (Phi) is 3.63. The average Bonchev–Trinajstić information content (AvgIpc) is 2.45. The fourth-order valence-electron chi connectivity index (χ4n) is 2.62. The second-order valence-corrected chi connectivity index (χ2v) is 5.40. The number of carbonyl (C=O) groups is 2. The highest BCUT2D eigenvalue weighted by Crippen LogP contribution is 2.33. The highest BCUT2D eigenvalue weighted by molar-refractivity contribution is 6.05. The molecule has 3 rings (SSSR count). The van der Waals surface area contributed by atoms with Crippen LogP contribution >= 0.6 is 0 Å². The van der Waals surface area contributed by atoms with Crippen LogP contribution in [0.2, 0.25) is 0 Å². The van der Waals surface area contributed by atoms with E-state index in [1.165, 1.54) is 12.1 Å². The summed E-state index contributed by atoms with van der Waals surface area (Å²) in [4.78, 5) is 24.2. The van der Waals surface area contributed by atoms with Crippen molar-refractivity contribution in [1.29, 1.82) is 0 Å². The van der Waals surface area contributed by atoms with Crippen LogP contribution in [-0.4, -0.2) is 11.8 Å².